The predicted octanol–water partition coefficient (Wildman–Crippen LogP) is 2.27. The van der Waals surface area contributed by atoms with Crippen LogP contribution in [0.4, 0.5) is 4.39 Å². The number of aryl methyl sites for hydroxylation is 1. The first-order valence-corrected chi connectivity index (χ1v) is 4.09. The lowest BCUT2D eigenvalue weighted by atomic mass is 10.1. The van der Waals surface area contributed by atoms with E-state index >= 15 is 0 Å². The fourth-order valence-electron chi connectivity index (χ4n) is 1.12. The fraction of sp³-hybridized carbons (Fsp3) is 0.0909. The molecule has 0 heterocycles. The van der Waals surface area contributed by atoms with Gasteiger partial charge in [0.15, 0.2) is 0 Å². The second kappa shape index (κ2) is 4.26. The maximum absolute atomic E-state index is 13.0. The minimum absolute atomic E-state index is 0.126. The topological polar surface area (TPSA) is 67.8 Å². The van der Waals surface area contributed by atoms with Gasteiger partial charge in [-0.2, -0.15) is 10.5 Å². The number of phenolic OH excluding ortho intramolecular Hbond substituents is 1. The van der Waals surface area contributed by atoms with Crippen LogP contribution in [0.25, 0.3) is 6.08 Å². The summed E-state index contributed by atoms with van der Waals surface area (Å²) in [7, 11) is 0. The fourth-order valence-corrected chi connectivity index (χ4v) is 1.12. The van der Waals surface area contributed by atoms with Crippen molar-refractivity contribution in [2.24, 2.45) is 0 Å². The summed E-state index contributed by atoms with van der Waals surface area (Å²) in [5, 5.41) is 26.5. The molecule has 0 amide bonds. The van der Waals surface area contributed by atoms with E-state index in [1.54, 1.807) is 12.1 Å². The number of nitrogens with zero attached hydrogens (tertiary/aromatic N) is 2. The Bertz CT molecular complexity index is 491. The number of phenols is 1. The zero-order chi connectivity index (χ0) is 11.4. The summed E-state index contributed by atoms with van der Waals surface area (Å²) in [4.78, 5) is 0. The predicted molar refractivity (Wildman–Crippen MR) is 52.0 cm³/mol. The Balaban J connectivity index is 3.35. The number of benzene rings is 1. The molecular weight excluding hydrogens is 195 g/mol. The quantitative estimate of drug-likeness (QED) is 0.710. The molecule has 3 nitrogen and oxygen atoms in total. The summed E-state index contributed by atoms with van der Waals surface area (Å²) in [6, 6.07) is 5.50. The van der Waals surface area contributed by atoms with Crippen LogP contribution in [0.2, 0.25) is 0 Å². The standard InChI is InChI=1S/C11H7FN2O/c1-7-2-10(12)4-9(11(7)15)3-8(5-13)6-14/h2-4,15H,1H3. The Morgan fingerprint density at radius 2 is 2.00 bits per heavy atom. The normalized spacial score (nSPS) is 8.80. The van der Waals surface area contributed by atoms with Gasteiger partial charge in [0.1, 0.15) is 29.3 Å². The summed E-state index contributed by atoms with van der Waals surface area (Å²) >= 11 is 0. The monoisotopic (exact) mass is 202 g/mol. The van der Waals surface area contributed by atoms with Crippen molar-refractivity contribution in [1.29, 1.82) is 10.5 Å². The number of hydrogen-bond acceptors (Lipinski definition) is 3. The van der Waals surface area contributed by atoms with Crippen LogP contribution in [-0.2, 0) is 0 Å². The molecule has 4 heteroatoms. The van der Waals surface area contributed by atoms with Crippen LogP contribution in [0.5, 0.6) is 5.75 Å². The summed E-state index contributed by atoms with van der Waals surface area (Å²) in [6.45, 7) is 1.54. The van der Waals surface area contributed by atoms with Crippen molar-refractivity contribution in [2.45, 2.75) is 6.92 Å². The van der Waals surface area contributed by atoms with Crippen molar-refractivity contribution in [3.05, 3.63) is 34.6 Å². The first-order chi connectivity index (χ1) is 7.08. The van der Waals surface area contributed by atoms with E-state index in [1.165, 1.54) is 13.0 Å². The van der Waals surface area contributed by atoms with Gasteiger partial charge in [-0.25, -0.2) is 4.39 Å². The van der Waals surface area contributed by atoms with Crippen LogP contribution in [0.15, 0.2) is 17.7 Å². The van der Waals surface area contributed by atoms with Crippen LogP contribution in [0.1, 0.15) is 11.1 Å². The number of aromatic hydroxyl groups is 1. The smallest absolute Gasteiger partial charge is 0.130 e. The molecule has 0 aliphatic heterocycles. The van der Waals surface area contributed by atoms with Gasteiger partial charge in [-0.05, 0) is 30.7 Å². The van der Waals surface area contributed by atoms with Crippen molar-refractivity contribution < 1.29 is 9.50 Å². The van der Waals surface area contributed by atoms with Crippen molar-refractivity contribution >= 4 is 6.08 Å². The van der Waals surface area contributed by atoms with E-state index in [9.17, 15) is 9.50 Å². The average Bonchev–Trinajstić information content (AvgIpc) is 2.21. The van der Waals surface area contributed by atoms with Crippen LogP contribution >= 0.6 is 0 Å². The lowest BCUT2D eigenvalue weighted by Crippen LogP contribution is -1.85. The summed E-state index contributed by atoms with van der Waals surface area (Å²) in [6.07, 6.45) is 1.14. The lowest BCUT2D eigenvalue weighted by molar-refractivity contribution is 0.467. The molecule has 1 rings (SSSR count). The maximum atomic E-state index is 13.0. The van der Waals surface area contributed by atoms with Crippen molar-refractivity contribution in [3.63, 3.8) is 0 Å². The summed E-state index contributed by atoms with van der Waals surface area (Å²) in [5.41, 5.74) is 0.303. The molecule has 0 spiro atoms. The van der Waals surface area contributed by atoms with Crippen molar-refractivity contribution in [2.75, 3.05) is 0 Å². The molecule has 0 fully saturated rings. The van der Waals surface area contributed by atoms with E-state index in [1.807, 2.05) is 0 Å². The summed E-state index contributed by atoms with van der Waals surface area (Å²) in [5.74, 6) is -0.647. The number of halogens is 1. The van der Waals surface area contributed by atoms with E-state index in [2.05, 4.69) is 0 Å². The van der Waals surface area contributed by atoms with Crippen molar-refractivity contribution in [1.82, 2.24) is 0 Å². The summed E-state index contributed by atoms with van der Waals surface area (Å²) < 4.78 is 13.0. The van der Waals surface area contributed by atoms with E-state index in [-0.39, 0.29) is 16.9 Å². The lowest BCUT2D eigenvalue weighted by Gasteiger charge is -2.02. The van der Waals surface area contributed by atoms with Crippen LogP contribution in [-0.4, -0.2) is 5.11 Å². The van der Waals surface area contributed by atoms with Crippen LogP contribution in [0.3, 0.4) is 0 Å². The molecule has 15 heavy (non-hydrogen) atoms. The van der Waals surface area contributed by atoms with E-state index < -0.39 is 5.82 Å². The highest BCUT2D eigenvalue weighted by molar-refractivity contribution is 5.67. The number of allylic oxidation sites excluding steroid dienone is 1. The molecule has 74 valence electrons. The minimum Gasteiger partial charge on any atom is -0.507 e. The third-order valence-electron chi connectivity index (χ3n) is 1.84. The highest BCUT2D eigenvalue weighted by Crippen LogP contribution is 2.25. The van der Waals surface area contributed by atoms with E-state index in [0.717, 1.165) is 12.1 Å². The molecule has 0 aliphatic carbocycles. The minimum atomic E-state index is -0.522. The first kappa shape index (κ1) is 10.7. The van der Waals surface area contributed by atoms with Gasteiger partial charge >= 0.3 is 0 Å². The number of nitriles is 2. The Hall–Kier alpha value is -2.33. The molecule has 0 saturated carbocycles. The first-order valence-electron chi connectivity index (χ1n) is 4.09. The molecule has 1 aromatic carbocycles. The number of rotatable bonds is 1. The van der Waals surface area contributed by atoms with Gasteiger partial charge in [0, 0.05) is 5.56 Å². The van der Waals surface area contributed by atoms with Gasteiger partial charge in [-0.15, -0.1) is 0 Å². The zero-order valence-corrected chi connectivity index (χ0v) is 7.95. The second-order valence-corrected chi connectivity index (χ2v) is 2.94. The Morgan fingerprint density at radius 1 is 1.40 bits per heavy atom. The Morgan fingerprint density at radius 3 is 2.53 bits per heavy atom. The third-order valence-corrected chi connectivity index (χ3v) is 1.84. The number of hydrogen-bond donors (Lipinski definition) is 1. The Kier molecular flexibility index (Phi) is 3.05. The molecule has 0 atom stereocenters. The molecule has 0 unspecified atom stereocenters. The molecule has 0 aliphatic rings. The van der Waals surface area contributed by atoms with E-state index in [0.29, 0.717) is 5.56 Å². The van der Waals surface area contributed by atoms with Gasteiger partial charge in [-0.3, -0.25) is 0 Å². The molecule has 1 N–H and O–H groups in total. The largest absolute Gasteiger partial charge is 0.507 e. The van der Waals surface area contributed by atoms with Gasteiger partial charge in [0.05, 0.1) is 0 Å². The molecule has 1 aromatic rings. The van der Waals surface area contributed by atoms with Gasteiger partial charge in [-0.1, -0.05) is 0 Å². The third kappa shape index (κ3) is 2.32. The van der Waals surface area contributed by atoms with Gasteiger partial charge in [0.2, 0.25) is 0 Å². The van der Waals surface area contributed by atoms with Gasteiger partial charge < -0.3 is 5.11 Å². The highest BCUT2D eigenvalue weighted by atomic mass is 19.1. The SMILES string of the molecule is Cc1cc(F)cc(C=C(C#N)C#N)c1O. The second-order valence-electron chi connectivity index (χ2n) is 2.94. The molecule has 0 radical (unpaired) electrons. The van der Waals surface area contributed by atoms with E-state index in [4.69, 9.17) is 10.5 Å². The van der Waals surface area contributed by atoms with Crippen molar-refractivity contribution in [3.8, 4) is 17.9 Å². The molecule has 0 bridgehead atoms. The molecular formula is C11H7FN2O. The molecule has 0 aromatic heterocycles. The zero-order valence-electron chi connectivity index (χ0n) is 7.95. The van der Waals surface area contributed by atoms with Crippen LogP contribution < -0.4 is 0 Å². The maximum Gasteiger partial charge on any atom is 0.130 e. The van der Waals surface area contributed by atoms with Gasteiger partial charge in [0.25, 0.3) is 0 Å². The molecule has 0 saturated heterocycles. The highest BCUT2D eigenvalue weighted by Gasteiger charge is 2.06. The average molecular weight is 202 g/mol. The van der Waals surface area contributed by atoms with Crippen LogP contribution in [0, 0.1) is 35.4 Å². The Labute approximate surface area is 86.3 Å².